The van der Waals surface area contributed by atoms with Gasteiger partial charge in [0.25, 0.3) is 0 Å². The zero-order valence-electron chi connectivity index (χ0n) is 11.4. The smallest absolute Gasteiger partial charge is 0.122 e. The van der Waals surface area contributed by atoms with Crippen LogP contribution in [-0.2, 0) is 17.8 Å². The van der Waals surface area contributed by atoms with E-state index in [9.17, 15) is 0 Å². The van der Waals surface area contributed by atoms with Gasteiger partial charge in [0.15, 0.2) is 0 Å². The summed E-state index contributed by atoms with van der Waals surface area (Å²) in [6.07, 6.45) is 4.48. The van der Waals surface area contributed by atoms with Crippen molar-refractivity contribution in [1.82, 2.24) is 10.2 Å². The summed E-state index contributed by atoms with van der Waals surface area (Å²) in [5, 5.41) is 3.15. The van der Waals surface area contributed by atoms with E-state index in [1.165, 1.54) is 18.4 Å². The van der Waals surface area contributed by atoms with Gasteiger partial charge < -0.3 is 14.5 Å². The summed E-state index contributed by atoms with van der Waals surface area (Å²) in [5.74, 6) is 1.90. The first-order chi connectivity index (χ1) is 8.79. The van der Waals surface area contributed by atoms with Crippen molar-refractivity contribution in [3.63, 3.8) is 0 Å². The maximum atomic E-state index is 5.64. The van der Waals surface area contributed by atoms with Crippen LogP contribution in [0.4, 0.5) is 0 Å². The first-order valence-electron chi connectivity index (χ1n) is 6.75. The Morgan fingerprint density at radius 1 is 1.50 bits per heavy atom. The molecule has 0 aliphatic heterocycles. The van der Waals surface area contributed by atoms with Crippen LogP contribution in [0.2, 0.25) is 0 Å². The van der Waals surface area contributed by atoms with E-state index >= 15 is 0 Å². The van der Waals surface area contributed by atoms with Crippen LogP contribution in [0.15, 0.2) is 16.7 Å². The molecule has 1 aromatic rings. The summed E-state index contributed by atoms with van der Waals surface area (Å²) in [5.41, 5.74) is 1.24. The predicted molar refractivity (Wildman–Crippen MR) is 71.3 cm³/mol. The van der Waals surface area contributed by atoms with E-state index in [2.05, 4.69) is 17.3 Å². The second kappa shape index (κ2) is 6.92. The quantitative estimate of drug-likeness (QED) is 0.681. The second-order valence-electron chi connectivity index (χ2n) is 5.16. The Balaban J connectivity index is 1.65. The van der Waals surface area contributed by atoms with Crippen molar-refractivity contribution < 1.29 is 9.15 Å². The van der Waals surface area contributed by atoms with Crippen LogP contribution in [0.5, 0.6) is 0 Å². The van der Waals surface area contributed by atoms with Gasteiger partial charge in [0.2, 0.25) is 0 Å². The molecule has 0 atom stereocenters. The van der Waals surface area contributed by atoms with Crippen molar-refractivity contribution >= 4 is 0 Å². The molecule has 0 saturated heterocycles. The molecule has 1 heterocycles. The Kier molecular flexibility index (Phi) is 5.23. The Morgan fingerprint density at radius 2 is 2.33 bits per heavy atom. The first kappa shape index (κ1) is 13.6. The standard InChI is InChI=1S/C14H24N2O2/c1-15-9-13-5-7-18-14(13)10-16(2)6-8-17-11-12-3-4-12/h5,7,12,15H,3-4,6,8-11H2,1-2H3. The van der Waals surface area contributed by atoms with Crippen molar-refractivity contribution in [3.05, 3.63) is 23.7 Å². The Morgan fingerprint density at radius 3 is 3.06 bits per heavy atom. The summed E-state index contributed by atoms with van der Waals surface area (Å²) >= 11 is 0. The summed E-state index contributed by atoms with van der Waals surface area (Å²) in [4.78, 5) is 2.24. The van der Waals surface area contributed by atoms with Gasteiger partial charge in [-0.05, 0) is 38.9 Å². The molecule has 1 aliphatic rings. The van der Waals surface area contributed by atoms with Crippen LogP contribution >= 0.6 is 0 Å². The van der Waals surface area contributed by atoms with E-state index in [1.54, 1.807) is 6.26 Å². The average Bonchev–Trinajstić information content (AvgIpc) is 3.08. The third-order valence-electron chi connectivity index (χ3n) is 3.29. The average molecular weight is 252 g/mol. The zero-order chi connectivity index (χ0) is 12.8. The lowest BCUT2D eigenvalue weighted by Crippen LogP contribution is -2.23. The van der Waals surface area contributed by atoms with Gasteiger partial charge in [-0.15, -0.1) is 0 Å². The number of furan rings is 1. The minimum Gasteiger partial charge on any atom is -0.468 e. The minimum atomic E-state index is 0.815. The number of hydrogen-bond donors (Lipinski definition) is 1. The highest BCUT2D eigenvalue weighted by Crippen LogP contribution is 2.28. The molecular weight excluding hydrogens is 228 g/mol. The fraction of sp³-hybridized carbons (Fsp3) is 0.714. The highest BCUT2D eigenvalue weighted by Gasteiger charge is 2.21. The van der Waals surface area contributed by atoms with E-state index in [4.69, 9.17) is 9.15 Å². The van der Waals surface area contributed by atoms with Crippen molar-refractivity contribution in [2.45, 2.75) is 25.9 Å². The minimum absolute atomic E-state index is 0.815. The van der Waals surface area contributed by atoms with E-state index in [0.717, 1.165) is 44.5 Å². The number of ether oxygens (including phenoxy) is 1. The fourth-order valence-electron chi connectivity index (χ4n) is 1.93. The Bertz CT molecular complexity index is 347. The summed E-state index contributed by atoms with van der Waals surface area (Å²) in [7, 11) is 4.05. The predicted octanol–water partition coefficient (Wildman–Crippen LogP) is 1.86. The van der Waals surface area contributed by atoms with Crippen molar-refractivity contribution in [3.8, 4) is 0 Å². The van der Waals surface area contributed by atoms with Crippen molar-refractivity contribution in [2.75, 3.05) is 33.9 Å². The molecule has 102 valence electrons. The SMILES string of the molecule is CNCc1ccoc1CN(C)CCOCC1CC1. The van der Waals surface area contributed by atoms with Crippen molar-refractivity contribution in [1.29, 1.82) is 0 Å². The summed E-state index contributed by atoms with van der Waals surface area (Å²) in [6.45, 7) is 4.41. The first-order valence-corrected chi connectivity index (χ1v) is 6.75. The molecule has 0 aromatic carbocycles. The number of likely N-dealkylation sites (N-methyl/N-ethyl adjacent to an activating group) is 1. The topological polar surface area (TPSA) is 37.6 Å². The monoisotopic (exact) mass is 252 g/mol. The summed E-state index contributed by atoms with van der Waals surface area (Å²) < 4.78 is 11.2. The lowest BCUT2D eigenvalue weighted by molar-refractivity contribution is 0.0999. The molecule has 0 amide bonds. The third-order valence-corrected chi connectivity index (χ3v) is 3.29. The molecule has 18 heavy (non-hydrogen) atoms. The zero-order valence-corrected chi connectivity index (χ0v) is 11.4. The van der Waals surface area contributed by atoms with Gasteiger partial charge in [-0.3, -0.25) is 4.90 Å². The second-order valence-corrected chi connectivity index (χ2v) is 5.16. The van der Waals surface area contributed by atoms with E-state index in [1.807, 2.05) is 13.1 Å². The van der Waals surface area contributed by atoms with Gasteiger partial charge in [-0.25, -0.2) is 0 Å². The van der Waals surface area contributed by atoms with Gasteiger partial charge in [-0.1, -0.05) is 0 Å². The molecule has 1 fully saturated rings. The molecule has 0 spiro atoms. The Labute approximate surface area is 109 Å². The lowest BCUT2D eigenvalue weighted by atomic mass is 10.2. The molecule has 1 aromatic heterocycles. The molecule has 4 nitrogen and oxygen atoms in total. The van der Waals surface area contributed by atoms with Crippen LogP contribution in [0.1, 0.15) is 24.2 Å². The molecule has 1 aliphatic carbocycles. The van der Waals surface area contributed by atoms with Gasteiger partial charge >= 0.3 is 0 Å². The van der Waals surface area contributed by atoms with Crippen LogP contribution in [-0.4, -0.2) is 38.8 Å². The molecule has 0 radical (unpaired) electrons. The molecular formula is C14H24N2O2. The third kappa shape index (κ3) is 4.44. The van der Waals surface area contributed by atoms with E-state index in [0.29, 0.717) is 0 Å². The van der Waals surface area contributed by atoms with Crippen LogP contribution < -0.4 is 5.32 Å². The summed E-state index contributed by atoms with van der Waals surface area (Å²) in [6, 6.07) is 2.03. The molecule has 2 rings (SSSR count). The number of rotatable bonds is 9. The van der Waals surface area contributed by atoms with Crippen molar-refractivity contribution in [2.24, 2.45) is 5.92 Å². The number of nitrogens with one attached hydrogen (secondary N) is 1. The van der Waals surface area contributed by atoms with Gasteiger partial charge in [0.1, 0.15) is 5.76 Å². The lowest BCUT2D eigenvalue weighted by Gasteiger charge is -2.16. The van der Waals surface area contributed by atoms with Crippen LogP contribution in [0.3, 0.4) is 0 Å². The molecule has 4 heteroatoms. The van der Waals surface area contributed by atoms with Crippen LogP contribution in [0.25, 0.3) is 0 Å². The molecule has 1 N–H and O–H groups in total. The molecule has 0 bridgehead atoms. The Hall–Kier alpha value is -0.840. The highest BCUT2D eigenvalue weighted by molar-refractivity contribution is 5.16. The maximum absolute atomic E-state index is 5.64. The van der Waals surface area contributed by atoms with Gasteiger partial charge in [-0.2, -0.15) is 0 Å². The number of hydrogen-bond acceptors (Lipinski definition) is 4. The largest absolute Gasteiger partial charge is 0.468 e. The van der Waals surface area contributed by atoms with Crippen LogP contribution in [0, 0.1) is 5.92 Å². The fourth-order valence-corrected chi connectivity index (χ4v) is 1.93. The van der Waals surface area contributed by atoms with Gasteiger partial charge in [0.05, 0.1) is 19.4 Å². The van der Waals surface area contributed by atoms with E-state index < -0.39 is 0 Å². The van der Waals surface area contributed by atoms with Gasteiger partial charge in [0, 0.05) is 25.3 Å². The molecule has 1 saturated carbocycles. The normalized spacial score (nSPS) is 15.5. The highest BCUT2D eigenvalue weighted by atomic mass is 16.5. The number of nitrogens with zero attached hydrogens (tertiary/aromatic N) is 1. The maximum Gasteiger partial charge on any atom is 0.122 e. The van der Waals surface area contributed by atoms with E-state index in [-0.39, 0.29) is 0 Å². The molecule has 0 unspecified atom stereocenters.